The second-order valence-electron chi connectivity index (χ2n) is 6.91. The summed E-state index contributed by atoms with van der Waals surface area (Å²) in [6, 6.07) is 8.61. The molecule has 0 aromatic heterocycles. The Morgan fingerprint density at radius 2 is 2.16 bits per heavy atom. The first kappa shape index (κ1) is 19.8. The number of para-hydroxylation sites is 2. The molecule has 0 spiro atoms. The molecule has 1 aromatic rings. The van der Waals surface area contributed by atoms with E-state index in [2.05, 4.69) is 54.7 Å². The second-order valence-corrected chi connectivity index (χ2v) is 8.42. The van der Waals surface area contributed by atoms with Crippen LogP contribution < -0.4 is 20.3 Å². The lowest BCUT2D eigenvalue weighted by atomic mass is 10.2. The van der Waals surface area contributed by atoms with Gasteiger partial charge in [0.2, 0.25) is 0 Å². The molecule has 2 N–H and O–H groups in total. The number of methoxy groups -OCH3 is 1. The van der Waals surface area contributed by atoms with Crippen LogP contribution in [-0.2, 0) is 0 Å². The minimum atomic E-state index is 0.154. The van der Waals surface area contributed by atoms with Crippen molar-refractivity contribution in [1.82, 2.24) is 10.6 Å². The van der Waals surface area contributed by atoms with E-state index in [1.54, 1.807) is 7.11 Å². The highest BCUT2D eigenvalue weighted by molar-refractivity contribution is 7.99. The van der Waals surface area contributed by atoms with Crippen LogP contribution in [0.15, 0.2) is 29.3 Å². The van der Waals surface area contributed by atoms with Gasteiger partial charge in [0.05, 0.1) is 19.3 Å². The van der Waals surface area contributed by atoms with Crippen molar-refractivity contribution in [1.29, 1.82) is 0 Å². The maximum Gasteiger partial charge on any atom is 0.191 e. The highest BCUT2D eigenvalue weighted by Gasteiger charge is 2.25. The number of nitrogens with one attached hydrogen (secondary N) is 2. The van der Waals surface area contributed by atoms with Gasteiger partial charge in [-0.3, -0.25) is 4.99 Å². The molecule has 0 amide bonds. The van der Waals surface area contributed by atoms with Crippen LogP contribution in [0.1, 0.15) is 27.2 Å². The van der Waals surface area contributed by atoms with Crippen molar-refractivity contribution in [2.45, 2.75) is 38.0 Å². The number of rotatable bonds is 7. The average Bonchev–Trinajstić information content (AvgIpc) is 3.08. The number of guanidine groups is 1. The smallest absolute Gasteiger partial charge is 0.191 e. The SMILES string of the molecule is CCNC(=NCC(C)(C)SC)NC1CCN(c2ccccc2OC)C1. The normalized spacial score (nSPS) is 18.4. The number of anilines is 1. The number of thioether (sulfide) groups is 1. The van der Waals surface area contributed by atoms with E-state index < -0.39 is 0 Å². The van der Waals surface area contributed by atoms with Gasteiger partial charge in [-0.05, 0) is 45.6 Å². The molecule has 25 heavy (non-hydrogen) atoms. The van der Waals surface area contributed by atoms with E-state index in [0.717, 1.165) is 44.3 Å². The summed E-state index contributed by atoms with van der Waals surface area (Å²) in [5, 5.41) is 6.97. The first-order chi connectivity index (χ1) is 12.0. The van der Waals surface area contributed by atoms with Gasteiger partial charge in [-0.25, -0.2) is 0 Å². The fraction of sp³-hybridized carbons (Fsp3) is 0.632. The molecule has 1 aliphatic rings. The third-order valence-corrected chi connectivity index (χ3v) is 5.70. The Bertz CT molecular complexity index is 576. The number of aliphatic imine (C=N–C) groups is 1. The van der Waals surface area contributed by atoms with Crippen LogP contribution in [0.4, 0.5) is 5.69 Å². The standard InChI is InChI=1S/C19H32N4OS/c1-6-20-18(21-14-19(2,3)25-5)22-15-11-12-23(13-15)16-9-7-8-10-17(16)24-4/h7-10,15H,6,11-14H2,1-5H3,(H2,20,21,22). The molecule has 5 nitrogen and oxygen atoms in total. The van der Waals surface area contributed by atoms with E-state index in [9.17, 15) is 0 Å². The summed E-state index contributed by atoms with van der Waals surface area (Å²) in [6.45, 7) is 10.2. The third kappa shape index (κ3) is 5.73. The van der Waals surface area contributed by atoms with Gasteiger partial charge in [-0.2, -0.15) is 11.8 Å². The Labute approximate surface area is 156 Å². The summed E-state index contributed by atoms with van der Waals surface area (Å²) in [5.74, 6) is 1.85. The summed E-state index contributed by atoms with van der Waals surface area (Å²) in [6.07, 6.45) is 3.23. The Balaban J connectivity index is 1.99. The summed E-state index contributed by atoms with van der Waals surface area (Å²) in [7, 11) is 1.73. The third-order valence-electron chi connectivity index (χ3n) is 4.47. The molecule has 1 saturated heterocycles. The van der Waals surface area contributed by atoms with Crippen molar-refractivity contribution in [3.05, 3.63) is 24.3 Å². The largest absolute Gasteiger partial charge is 0.495 e. The van der Waals surface area contributed by atoms with Gasteiger partial charge >= 0.3 is 0 Å². The van der Waals surface area contributed by atoms with Crippen LogP contribution >= 0.6 is 11.8 Å². The monoisotopic (exact) mass is 364 g/mol. The van der Waals surface area contributed by atoms with Crippen LogP contribution in [0.3, 0.4) is 0 Å². The Kier molecular flexibility index (Phi) is 7.29. The Morgan fingerprint density at radius 1 is 1.40 bits per heavy atom. The fourth-order valence-corrected chi connectivity index (χ4v) is 3.03. The molecule has 1 aliphatic heterocycles. The number of hydrogen-bond acceptors (Lipinski definition) is 4. The summed E-state index contributed by atoms with van der Waals surface area (Å²) in [5.41, 5.74) is 1.17. The minimum absolute atomic E-state index is 0.154. The van der Waals surface area contributed by atoms with Crippen molar-refractivity contribution >= 4 is 23.4 Å². The summed E-state index contributed by atoms with van der Waals surface area (Å²) < 4.78 is 5.65. The second kappa shape index (κ2) is 9.22. The molecule has 0 saturated carbocycles. The summed E-state index contributed by atoms with van der Waals surface area (Å²) in [4.78, 5) is 7.16. The zero-order valence-electron chi connectivity index (χ0n) is 16.1. The molecule has 1 heterocycles. The maximum atomic E-state index is 5.50. The van der Waals surface area contributed by atoms with E-state index in [-0.39, 0.29) is 4.75 Å². The van der Waals surface area contributed by atoms with Gasteiger partial charge in [0.15, 0.2) is 5.96 Å². The van der Waals surface area contributed by atoms with E-state index in [1.807, 2.05) is 23.9 Å². The molecule has 1 unspecified atom stereocenters. The van der Waals surface area contributed by atoms with Crippen LogP contribution in [-0.4, -0.2) is 56.3 Å². The molecule has 0 bridgehead atoms. The van der Waals surface area contributed by atoms with Crippen LogP contribution in [0.5, 0.6) is 5.75 Å². The lowest BCUT2D eigenvalue weighted by Gasteiger charge is -2.23. The molecular weight excluding hydrogens is 332 g/mol. The van der Waals surface area contributed by atoms with E-state index in [0.29, 0.717) is 6.04 Å². The van der Waals surface area contributed by atoms with Crippen LogP contribution in [0.25, 0.3) is 0 Å². The van der Waals surface area contributed by atoms with Crippen LogP contribution in [0, 0.1) is 0 Å². The molecule has 1 aromatic carbocycles. The maximum absolute atomic E-state index is 5.50. The lowest BCUT2D eigenvalue weighted by molar-refractivity contribution is 0.415. The van der Waals surface area contributed by atoms with Crippen molar-refractivity contribution in [2.75, 3.05) is 44.4 Å². The molecule has 0 radical (unpaired) electrons. The van der Waals surface area contributed by atoms with Crippen molar-refractivity contribution in [3.63, 3.8) is 0 Å². The van der Waals surface area contributed by atoms with Gasteiger partial charge < -0.3 is 20.3 Å². The van der Waals surface area contributed by atoms with E-state index >= 15 is 0 Å². The zero-order valence-corrected chi connectivity index (χ0v) is 16.9. The Hall–Kier alpha value is -1.56. The number of ether oxygens (including phenoxy) is 1. The predicted octanol–water partition coefficient (Wildman–Crippen LogP) is 2.97. The number of benzene rings is 1. The number of hydrogen-bond donors (Lipinski definition) is 2. The first-order valence-corrected chi connectivity index (χ1v) is 10.2. The predicted molar refractivity (Wildman–Crippen MR) is 110 cm³/mol. The highest BCUT2D eigenvalue weighted by Crippen LogP contribution is 2.30. The van der Waals surface area contributed by atoms with Gasteiger partial charge in [-0.1, -0.05) is 12.1 Å². The van der Waals surface area contributed by atoms with E-state index in [1.165, 1.54) is 5.69 Å². The van der Waals surface area contributed by atoms with E-state index in [4.69, 9.17) is 9.73 Å². The molecular formula is C19H32N4OS. The van der Waals surface area contributed by atoms with Crippen molar-refractivity contribution in [3.8, 4) is 5.75 Å². The van der Waals surface area contributed by atoms with Gasteiger partial charge in [-0.15, -0.1) is 0 Å². The molecule has 140 valence electrons. The van der Waals surface area contributed by atoms with Crippen molar-refractivity contribution < 1.29 is 4.74 Å². The average molecular weight is 365 g/mol. The van der Waals surface area contributed by atoms with Crippen LogP contribution in [0.2, 0.25) is 0 Å². The summed E-state index contributed by atoms with van der Waals surface area (Å²) >= 11 is 1.85. The van der Waals surface area contributed by atoms with Crippen molar-refractivity contribution in [2.24, 2.45) is 4.99 Å². The fourth-order valence-electron chi connectivity index (χ4n) is 2.84. The highest BCUT2D eigenvalue weighted by atomic mass is 32.2. The quantitative estimate of drug-likeness (QED) is 0.575. The van der Waals surface area contributed by atoms with Gasteiger partial charge in [0, 0.05) is 30.4 Å². The molecule has 1 fully saturated rings. The molecule has 1 atom stereocenters. The molecule has 2 rings (SSSR count). The zero-order chi connectivity index (χ0) is 18.3. The molecule has 6 heteroatoms. The first-order valence-electron chi connectivity index (χ1n) is 8.97. The minimum Gasteiger partial charge on any atom is -0.495 e. The van der Waals surface area contributed by atoms with Gasteiger partial charge in [0.25, 0.3) is 0 Å². The number of nitrogens with zero attached hydrogens (tertiary/aromatic N) is 2. The van der Waals surface area contributed by atoms with Gasteiger partial charge in [0.1, 0.15) is 5.75 Å². The molecule has 0 aliphatic carbocycles. The Morgan fingerprint density at radius 3 is 2.84 bits per heavy atom. The lowest BCUT2D eigenvalue weighted by Crippen LogP contribution is -2.45. The topological polar surface area (TPSA) is 48.9 Å².